The fourth-order valence-corrected chi connectivity index (χ4v) is 3.93. The molecule has 0 atom stereocenters. The van der Waals surface area contributed by atoms with E-state index in [9.17, 15) is 4.79 Å². The maximum atomic E-state index is 12.4. The molecule has 0 saturated carbocycles. The summed E-state index contributed by atoms with van der Waals surface area (Å²) >= 11 is 1.26. The van der Waals surface area contributed by atoms with Crippen molar-refractivity contribution in [3.8, 4) is 0 Å². The average molecular weight is 387 g/mol. The van der Waals surface area contributed by atoms with Crippen LogP contribution in [-0.4, -0.2) is 36.4 Å². The fraction of sp³-hybridized carbons (Fsp3) is 0.389. The molecule has 27 heavy (non-hydrogen) atoms. The Morgan fingerprint density at radius 1 is 1.30 bits per heavy atom. The van der Waals surface area contributed by atoms with Gasteiger partial charge in [0, 0.05) is 12.6 Å². The predicted octanol–water partition coefficient (Wildman–Crippen LogP) is 1.82. The van der Waals surface area contributed by atoms with Gasteiger partial charge in [-0.25, -0.2) is 0 Å². The largest absolute Gasteiger partial charge is 0.499 e. The Bertz CT molecular complexity index is 897. The number of amides is 1. The summed E-state index contributed by atoms with van der Waals surface area (Å²) in [4.78, 5) is 12.4. The van der Waals surface area contributed by atoms with Crippen LogP contribution >= 0.6 is 11.3 Å². The number of rotatable bonds is 4. The van der Waals surface area contributed by atoms with Crippen LogP contribution in [0.25, 0.3) is 0 Å². The first kappa shape index (κ1) is 17.7. The normalized spacial score (nSPS) is 19.5. The fourth-order valence-electron chi connectivity index (χ4n) is 3.34. The molecule has 0 aromatic carbocycles. The molecule has 8 nitrogen and oxygen atoms in total. The number of carbonyl (C=O) groups is 1. The number of nitrogens with one attached hydrogen (secondary N) is 3. The lowest BCUT2D eigenvalue weighted by Gasteiger charge is -2.32. The van der Waals surface area contributed by atoms with E-state index in [-0.39, 0.29) is 5.91 Å². The average Bonchev–Trinajstić information content (AvgIpc) is 3.14. The van der Waals surface area contributed by atoms with Crippen molar-refractivity contribution in [2.45, 2.75) is 26.2 Å². The summed E-state index contributed by atoms with van der Waals surface area (Å²) in [5, 5.41) is 18.3. The molecular formula is C18H21N5O3S. The number of aryl methyl sites for hydroxylation is 1. The van der Waals surface area contributed by atoms with Crippen LogP contribution in [0.15, 0.2) is 46.4 Å². The second-order valence-corrected chi connectivity index (χ2v) is 7.50. The van der Waals surface area contributed by atoms with Crippen molar-refractivity contribution in [3.63, 3.8) is 0 Å². The molecule has 0 saturated heterocycles. The zero-order valence-electron chi connectivity index (χ0n) is 15.2. The summed E-state index contributed by atoms with van der Waals surface area (Å²) in [6.45, 7) is 3.20. The molecule has 3 aliphatic rings. The van der Waals surface area contributed by atoms with Crippen LogP contribution < -0.4 is 16.0 Å². The highest BCUT2D eigenvalue weighted by atomic mass is 32.1. The highest BCUT2D eigenvalue weighted by Gasteiger charge is 2.28. The minimum absolute atomic E-state index is 0.295. The number of aromatic nitrogens is 2. The van der Waals surface area contributed by atoms with Gasteiger partial charge in [0.2, 0.25) is 5.01 Å². The van der Waals surface area contributed by atoms with Crippen LogP contribution in [0.3, 0.4) is 0 Å². The number of hydrogen-bond acceptors (Lipinski definition) is 8. The van der Waals surface area contributed by atoms with Gasteiger partial charge in [-0.3, -0.25) is 4.79 Å². The van der Waals surface area contributed by atoms with Crippen molar-refractivity contribution in [2.24, 2.45) is 0 Å². The maximum absolute atomic E-state index is 12.4. The number of carbonyl (C=O) groups excluding carboxylic acids is 1. The molecule has 9 heteroatoms. The molecule has 0 unspecified atom stereocenters. The van der Waals surface area contributed by atoms with Gasteiger partial charge in [-0.2, -0.15) is 0 Å². The van der Waals surface area contributed by atoms with Crippen LogP contribution in [0.5, 0.6) is 0 Å². The molecule has 0 spiro atoms. The van der Waals surface area contributed by atoms with Crippen molar-refractivity contribution in [1.82, 2.24) is 26.1 Å². The lowest BCUT2D eigenvalue weighted by Crippen LogP contribution is -2.39. The van der Waals surface area contributed by atoms with E-state index in [0.29, 0.717) is 17.4 Å². The topological polar surface area (TPSA) is 97.4 Å². The number of nitrogens with zero attached hydrogens (tertiary/aromatic N) is 2. The van der Waals surface area contributed by atoms with Crippen LogP contribution in [0.4, 0.5) is 0 Å². The van der Waals surface area contributed by atoms with Gasteiger partial charge in [0.25, 0.3) is 5.91 Å². The molecule has 3 heterocycles. The first-order valence-electron chi connectivity index (χ1n) is 8.78. The highest BCUT2D eigenvalue weighted by Crippen LogP contribution is 2.35. The Morgan fingerprint density at radius 2 is 2.19 bits per heavy atom. The smallest absolute Gasteiger partial charge is 0.287 e. The molecule has 1 aromatic rings. The van der Waals surface area contributed by atoms with E-state index in [2.05, 4.69) is 32.2 Å². The Kier molecular flexibility index (Phi) is 4.95. The molecule has 1 aliphatic carbocycles. The quantitative estimate of drug-likeness (QED) is 0.725. The highest BCUT2D eigenvalue weighted by molar-refractivity contribution is 7.13. The van der Waals surface area contributed by atoms with Crippen molar-refractivity contribution in [2.75, 3.05) is 20.3 Å². The monoisotopic (exact) mass is 387 g/mol. The number of hydrogen-bond donors (Lipinski definition) is 3. The van der Waals surface area contributed by atoms with E-state index in [4.69, 9.17) is 9.47 Å². The van der Waals surface area contributed by atoms with E-state index >= 15 is 0 Å². The molecular weight excluding hydrogens is 366 g/mol. The van der Waals surface area contributed by atoms with Gasteiger partial charge in [0.1, 0.15) is 22.3 Å². The van der Waals surface area contributed by atoms with Gasteiger partial charge in [0.05, 0.1) is 26.0 Å². The van der Waals surface area contributed by atoms with Gasteiger partial charge in [-0.15, -0.1) is 10.2 Å². The van der Waals surface area contributed by atoms with Gasteiger partial charge >= 0.3 is 0 Å². The molecule has 4 rings (SSSR count). The summed E-state index contributed by atoms with van der Waals surface area (Å²) in [7, 11) is 1.67. The number of allylic oxidation sites excluding steroid dienone is 2. The van der Waals surface area contributed by atoms with E-state index < -0.39 is 0 Å². The summed E-state index contributed by atoms with van der Waals surface area (Å²) in [6.07, 6.45) is 6.50. The van der Waals surface area contributed by atoms with E-state index in [0.717, 1.165) is 48.0 Å². The third kappa shape index (κ3) is 3.60. The Morgan fingerprint density at radius 3 is 2.89 bits per heavy atom. The van der Waals surface area contributed by atoms with Gasteiger partial charge in [-0.1, -0.05) is 17.4 Å². The molecule has 142 valence electrons. The minimum atomic E-state index is -0.295. The standard InChI is InChI=1S/C18H21N5O3S/c1-10-22-23-18(27-10)17(24)21-14-9-19-15-12(11-5-7-26-8-6-11)3-4-13(25-2)16(15)20-14/h5,9,19-20H,3-4,6-8H2,1-2H3,(H,21,24). The minimum Gasteiger partial charge on any atom is -0.499 e. The second kappa shape index (κ2) is 7.53. The zero-order valence-corrected chi connectivity index (χ0v) is 16.0. The van der Waals surface area contributed by atoms with Crippen molar-refractivity contribution in [1.29, 1.82) is 0 Å². The van der Waals surface area contributed by atoms with Crippen molar-refractivity contribution >= 4 is 17.2 Å². The third-order valence-electron chi connectivity index (χ3n) is 4.62. The molecule has 0 radical (unpaired) electrons. The summed E-state index contributed by atoms with van der Waals surface area (Å²) in [6, 6.07) is 0. The Balaban J connectivity index is 1.60. The SMILES string of the molecule is COC1=C2NC(NC(=O)c3nnc(C)s3)=CNC2=C(C2=CCOCC2)CC1. The predicted molar refractivity (Wildman–Crippen MR) is 100 cm³/mol. The van der Waals surface area contributed by atoms with E-state index in [1.54, 1.807) is 13.3 Å². The van der Waals surface area contributed by atoms with Gasteiger partial charge in [-0.05, 0) is 30.9 Å². The number of ether oxygens (including phenoxy) is 2. The first-order valence-corrected chi connectivity index (χ1v) is 9.60. The summed E-state index contributed by atoms with van der Waals surface area (Å²) in [5.41, 5.74) is 4.43. The first-order chi connectivity index (χ1) is 13.2. The number of fused-ring (bicyclic) bond motifs is 1. The van der Waals surface area contributed by atoms with Crippen molar-refractivity contribution in [3.05, 3.63) is 56.4 Å². The summed E-state index contributed by atoms with van der Waals surface area (Å²) in [5.74, 6) is 1.11. The molecule has 2 aliphatic heterocycles. The van der Waals surface area contributed by atoms with Crippen LogP contribution in [-0.2, 0) is 9.47 Å². The lowest BCUT2D eigenvalue weighted by molar-refractivity contribution is 0.0962. The van der Waals surface area contributed by atoms with E-state index in [1.165, 1.54) is 22.5 Å². The molecule has 3 N–H and O–H groups in total. The Hall–Kier alpha value is -2.65. The van der Waals surface area contributed by atoms with Crippen LogP contribution in [0, 0.1) is 6.92 Å². The second-order valence-electron chi connectivity index (χ2n) is 6.32. The van der Waals surface area contributed by atoms with Crippen molar-refractivity contribution < 1.29 is 14.3 Å². The summed E-state index contributed by atoms with van der Waals surface area (Å²) < 4.78 is 11.0. The molecule has 0 bridgehead atoms. The Labute approximate surface area is 161 Å². The van der Waals surface area contributed by atoms with Gasteiger partial charge in [0.15, 0.2) is 0 Å². The van der Waals surface area contributed by atoms with E-state index in [1.807, 2.05) is 6.92 Å². The third-order valence-corrected chi connectivity index (χ3v) is 5.46. The van der Waals surface area contributed by atoms with Crippen LogP contribution in [0.1, 0.15) is 34.1 Å². The van der Waals surface area contributed by atoms with Gasteiger partial charge < -0.3 is 25.4 Å². The zero-order chi connectivity index (χ0) is 18.8. The maximum Gasteiger partial charge on any atom is 0.287 e. The lowest BCUT2D eigenvalue weighted by atomic mass is 9.89. The van der Waals surface area contributed by atoms with Crippen LogP contribution in [0.2, 0.25) is 0 Å². The number of methoxy groups -OCH3 is 1. The molecule has 1 amide bonds. The molecule has 1 aromatic heterocycles. The molecule has 0 fully saturated rings.